The Morgan fingerprint density at radius 1 is 1.23 bits per heavy atom. The van der Waals surface area contributed by atoms with E-state index < -0.39 is 0 Å². The summed E-state index contributed by atoms with van der Waals surface area (Å²) in [6.07, 6.45) is 5.69. The maximum Gasteiger partial charge on any atom is 0.191 e. The predicted molar refractivity (Wildman–Crippen MR) is 134 cm³/mol. The summed E-state index contributed by atoms with van der Waals surface area (Å²) in [5, 5.41) is 15.1. The number of hydrogen-bond acceptors (Lipinski definition) is 4. The molecule has 0 aliphatic carbocycles. The SMILES string of the molecule is CCOCCCN=C(NCCn1cnnc1CC)NC(C)CCc1ccccc1.I. The minimum atomic E-state index is 0. The van der Waals surface area contributed by atoms with Crippen molar-refractivity contribution in [2.75, 3.05) is 26.3 Å². The number of nitrogens with zero attached hydrogens (tertiary/aromatic N) is 4. The van der Waals surface area contributed by atoms with Crippen LogP contribution in [0.25, 0.3) is 0 Å². The molecule has 0 saturated heterocycles. The van der Waals surface area contributed by atoms with Crippen molar-refractivity contribution in [1.82, 2.24) is 25.4 Å². The molecule has 168 valence electrons. The fourth-order valence-corrected chi connectivity index (χ4v) is 3.02. The topological polar surface area (TPSA) is 76.4 Å². The van der Waals surface area contributed by atoms with Gasteiger partial charge in [-0.3, -0.25) is 4.99 Å². The third-order valence-corrected chi connectivity index (χ3v) is 4.67. The number of hydrogen-bond donors (Lipinski definition) is 2. The summed E-state index contributed by atoms with van der Waals surface area (Å²) in [4.78, 5) is 4.73. The number of halogens is 1. The first-order valence-corrected chi connectivity index (χ1v) is 10.8. The Morgan fingerprint density at radius 2 is 2.03 bits per heavy atom. The molecule has 0 bridgehead atoms. The molecule has 0 spiro atoms. The van der Waals surface area contributed by atoms with Gasteiger partial charge in [-0.2, -0.15) is 0 Å². The van der Waals surface area contributed by atoms with Gasteiger partial charge in [-0.05, 0) is 38.7 Å². The molecule has 8 heteroatoms. The number of ether oxygens (including phenoxy) is 1. The van der Waals surface area contributed by atoms with Crippen LogP contribution in [0.15, 0.2) is 41.7 Å². The van der Waals surface area contributed by atoms with E-state index in [4.69, 9.17) is 9.73 Å². The van der Waals surface area contributed by atoms with Gasteiger partial charge in [0, 0.05) is 45.3 Å². The van der Waals surface area contributed by atoms with Crippen LogP contribution in [0.1, 0.15) is 45.0 Å². The van der Waals surface area contributed by atoms with Crippen molar-refractivity contribution in [2.45, 2.75) is 59.0 Å². The molecule has 0 amide bonds. The Bertz CT molecular complexity index is 707. The van der Waals surface area contributed by atoms with E-state index in [1.165, 1.54) is 5.56 Å². The Morgan fingerprint density at radius 3 is 2.77 bits per heavy atom. The van der Waals surface area contributed by atoms with E-state index in [-0.39, 0.29) is 24.0 Å². The van der Waals surface area contributed by atoms with Crippen LogP contribution in [0.5, 0.6) is 0 Å². The number of aryl methyl sites for hydroxylation is 2. The zero-order chi connectivity index (χ0) is 20.7. The maximum absolute atomic E-state index is 5.41. The molecule has 0 fully saturated rings. The summed E-state index contributed by atoms with van der Waals surface area (Å²) in [5.41, 5.74) is 1.36. The van der Waals surface area contributed by atoms with Crippen LogP contribution in [0.4, 0.5) is 0 Å². The van der Waals surface area contributed by atoms with Crippen LogP contribution < -0.4 is 10.6 Å². The van der Waals surface area contributed by atoms with Crippen molar-refractivity contribution in [1.29, 1.82) is 0 Å². The molecular formula is C22H37IN6O. The summed E-state index contributed by atoms with van der Waals surface area (Å²) in [5.74, 6) is 1.86. The standard InChI is InChI=1S/C22H36N6O.HI/c1-4-21-27-25-18-28(21)16-15-24-22(23-14-9-17-29-5-2)26-19(3)12-13-20-10-7-6-8-11-20;/h6-8,10-11,18-19H,4-5,9,12-17H2,1-3H3,(H2,23,24,26);1H. The molecule has 2 N–H and O–H groups in total. The van der Waals surface area contributed by atoms with Gasteiger partial charge in [0.05, 0.1) is 0 Å². The van der Waals surface area contributed by atoms with Crippen molar-refractivity contribution in [2.24, 2.45) is 4.99 Å². The highest BCUT2D eigenvalue weighted by atomic mass is 127. The molecule has 2 aromatic rings. The van der Waals surface area contributed by atoms with E-state index in [1.807, 2.05) is 6.92 Å². The molecule has 0 aliphatic heterocycles. The highest BCUT2D eigenvalue weighted by Crippen LogP contribution is 2.04. The second kappa shape index (κ2) is 16.1. The van der Waals surface area contributed by atoms with E-state index in [1.54, 1.807) is 6.33 Å². The molecule has 1 aromatic carbocycles. The van der Waals surface area contributed by atoms with E-state index in [0.717, 1.165) is 70.3 Å². The lowest BCUT2D eigenvalue weighted by atomic mass is 10.1. The number of aromatic nitrogens is 3. The highest BCUT2D eigenvalue weighted by molar-refractivity contribution is 14.0. The largest absolute Gasteiger partial charge is 0.382 e. The molecule has 0 radical (unpaired) electrons. The molecule has 1 unspecified atom stereocenters. The van der Waals surface area contributed by atoms with Gasteiger partial charge in [0.25, 0.3) is 0 Å². The second-order valence-corrected chi connectivity index (χ2v) is 7.07. The van der Waals surface area contributed by atoms with Crippen molar-refractivity contribution >= 4 is 29.9 Å². The predicted octanol–water partition coefficient (Wildman–Crippen LogP) is 3.44. The van der Waals surface area contributed by atoms with Gasteiger partial charge in [0.1, 0.15) is 12.2 Å². The molecule has 0 aliphatic rings. The Hall–Kier alpha value is -1.68. The first-order valence-electron chi connectivity index (χ1n) is 10.8. The van der Waals surface area contributed by atoms with Crippen molar-refractivity contribution in [3.63, 3.8) is 0 Å². The van der Waals surface area contributed by atoms with Crippen molar-refractivity contribution in [3.05, 3.63) is 48.0 Å². The fraction of sp³-hybridized carbons (Fsp3) is 0.591. The van der Waals surface area contributed by atoms with Gasteiger partial charge in [-0.1, -0.05) is 37.3 Å². The van der Waals surface area contributed by atoms with Gasteiger partial charge in [-0.15, -0.1) is 34.2 Å². The van der Waals surface area contributed by atoms with Crippen LogP contribution in [-0.2, 0) is 24.1 Å². The summed E-state index contributed by atoms with van der Waals surface area (Å²) >= 11 is 0. The molecule has 1 heterocycles. The maximum atomic E-state index is 5.41. The molecule has 1 aromatic heterocycles. The first kappa shape index (κ1) is 26.4. The van der Waals surface area contributed by atoms with Gasteiger partial charge < -0.3 is 19.9 Å². The molecule has 2 rings (SSSR count). The number of guanidine groups is 1. The number of rotatable bonds is 13. The molecule has 30 heavy (non-hydrogen) atoms. The van der Waals surface area contributed by atoms with E-state index >= 15 is 0 Å². The average molecular weight is 528 g/mol. The fourth-order valence-electron chi connectivity index (χ4n) is 3.02. The summed E-state index contributed by atoms with van der Waals surface area (Å²) in [7, 11) is 0. The van der Waals surface area contributed by atoms with Crippen molar-refractivity contribution in [3.8, 4) is 0 Å². The first-order chi connectivity index (χ1) is 14.2. The smallest absolute Gasteiger partial charge is 0.191 e. The second-order valence-electron chi connectivity index (χ2n) is 7.07. The van der Waals surface area contributed by atoms with E-state index in [0.29, 0.717) is 6.04 Å². The van der Waals surface area contributed by atoms with Crippen molar-refractivity contribution < 1.29 is 4.74 Å². The average Bonchev–Trinajstić information content (AvgIpc) is 3.20. The van der Waals surface area contributed by atoms with Gasteiger partial charge in [0.2, 0.25) is 0 Å². The summed E-state index contributed by atoms with van der Waals surface area (Å²) < 4.78 is 7.49. The third kappa shape index (κ3) is 10.4. The van der Waals surface area contributed by atoms with E-state index in [9.17, 15) is 0 Å². The monoisotopic (exact) mass is 528 g/mol. The normalized spacial score (nSPS) is 12.3. The zero-order valence-electron chi connectivity index (χ0n) is 18.5. The Kier molecular flexibility index (Phi) is 14.1. The zero-order valence-corrected chi connectivity index (χ0v) is 20.8. The lowest BCUT2D eigenvalue weighted by Gasteiger charge is -2.19. The molecular weight excluding hydrogens is 491 g/mol. The van der Waals surface area contributed by atoms with Crippen LogP contribution in [0.2, 0.25) is 0 Å². The molecule has 7 nitrogen and oxygen atoms in total. The lowest BCUT2D eigenvalue weighted by Crippen LogP contribution is -2.43. The van der Waals surface area contributed by atoms with E-state index in [2.05, 4.69) is 69.6 Å². The minimum Gasteiger partial charge on any atom is -0.382 e. The number of benzene rings is 1. The lowest BCUT2D eigenvalue weighted by molar-refractivity contribution is 0.146. The minimum absolute atomic E-state index is 0. The molecule has 0 saturated carbocycles. The number of aliphatic imine (C=N–C) groups is 1. The van der Waals surface area contributed by atoms with Gasteiger partial charge in [0.15, 0.2) is 5.96 Å². The van der Waals surface area contributed by atoms with Gasteiger partial charge >= 0.3 is 0 Å². The summed E-state index contributed by atoms with van der Waals surface area (Å²) in [6, 6.07) is 10.9. The van der Waals surface area contributed by atoms with Crippen LogP contribution in [0, 0.1) is 0 Å². The third-order valence-electron chi connectivity index (χ3n) is 4.67. The van der Waals surface area contributed by atoms with Crippen LogP contribution >= 0.6 is 24.0 Å². The van der Waals surface area contributed by atoms with Gasteiger partial charge in [-0.25, -0.2) is 0 Å². The van der Waals surface area contributed by atoms with Crippen LogP contribution in [0.3, 0.4) is 0 Å². The highest BCUT2D eigenvalue weighted by Gasteiger charge is 2.07. The Labute approximate surface area is 198 Å². The quantitative estimate of drug-likeness (QED) is 0.180. The summed E-state index contributed by atoms with van der Waals surface area (Å²) in [6.45, 7) is 10.1. The van der Waals surface area contributed by atoms with Crippen LogP contribution in [-0.4, -0.2) is 53.1 Å². The Balaban J connectivity index is 0.00000450. The molecule has 1 atom stereocenters. The number of nitrogens with one attached hydrogen (secondary N) is 2.